The minimum atomic E-state index is -2.50. The van der Waals surface area contributed by atoms with Crippen molar-refractivity contribution in [3.63, 3.8) is 0 Å². The molecule has 0 fully saturated rings. The summed E-state index contributed by atoms with van der Waals surface area (Å²) in [6.07, 6.45) is 1.66. The van der Waals surface area contributed by atoms with Gasteiger partial charge in [-0.3, -0.25) is 4.98 Å². The lowest BCUT2D eigenvalue weighted by Gasteiger charge is -2.09. The number of hydrogen-bond donors (Lipinski definition) is 2. The highest BCUT2D eigenvalue weighted by Crippen LogP contribution is 2.30. The first-order chi connectivity index (χ1) is 10.1. The van der Waals surface area contributed by atoms with Gasteiger partial charge in [0.05, 0.1) is 11.3 Å². The highest BCUT2D eigenvalue weighted by atomic mass is 32.2. The van der Waals surface area contributed by atoms with E-state index in [-0.39, 0.29) is 11.5 Å². The van der Waals surface area contributed by atoms with Crippen LogP contribution in [0.2, 0.25) is 0 Å². The molecule has 3 rings (SSSR count). The van der Waals surface area contributed by atoms with E-state index < -0.39 is 10.7 Å². The molecule has 4 nitrogen and oxygen atoms in total. The van der Waals surface area contributed by atoms with Crippen LogP contribution >= 0.6 is 0 Å². The van der Waals surface area contributed by atoms with E-state index in [0.29, 0.717) is 11.1 Å². The quantitative estimate of drug-likeness (QED) is 0.730. The number of aromatic hydroxyl groups is 1. The summed E-state index contributed by atoms with van der Waals surface area (Å²) in [6.45, 7) is 0. The summed E-state index contributed by atoms with van der Waals surface area (Å²) in [5.74, 6) is 0.166. The molecule has 1 N–H and O–H groups in total. The van der Waals surface area contributed by atoms with Gasteiger partial charge in [-0.1, -0.05) is 30.3 Å². The Kier molecular flexibility index (Phi) is 3.58. The number of phenolic OH excluding ortho intramolecular Hbond substituents is 1. The van der Waals surface area contributed by atoms with E-state index in [9.17, 15) is 13.5 Å². The van der Waals surface area contributed by atoms with Crippen LogP contribution in [-0.4, -0.2) is 18.5 Å². The molecule has 0 saturated carbocycles. The van der Waals surface area contributed by atoms with Gasteiger partial charge in [-0.05, 0) is 34.9 Å². The van der Waals surface area contributed by atoms with Gasteiger partial charge in [-0.15, -0.1) is 0 Å². The van der Waals surface area contributed by atoms with Gasteiger partial charge in [-0.25, -0.2) is 8.42 Å². The van der Waals surface area contributed by atoms with Gasteiger partial charge in [-0.2, -0.15) is 0 Å². The van der Waals surface area contributed by atoms with Crippen LogP contribution in [0, 0.1) is 0 Å². The molecule has 0 radical (unpaired) electrons. The fraction of sp³-hybridized carbons (Fsp3) is 0.0625. The number of benzene rings is 2. The van der Waals surface area contributed by atoms with Crippen LogP contribution in [-0.2, 0) is 16.5 Å². The third-order valence-electron chi connectivity index (χ3n) is 3.31. The van der Waals surface area contributed by atoms with Crippen molar-refractivity contribution >= 4 is 21.6 Å². The molecule has 0 unspecified atom stereocenters. The number of hydrogen-bond acceptors (Lipinski definition) is 4. The lowest BCUT2D eigenvalue weighted by Crippen LogP contribution is -1.92. The van der Waals surface area contributed by atoms with Crippen LogP contribution in [0.15, 0.2) is 54.7 Å². The molecule has 0 aliphatic carbocycles. The van der Waals surface area contributed by atoms with Crippen LogP contribution in [0.3, 0.4) is 0 Å². The third-order valence-corrected chi connectivity index (χ3v) is 3.91. The second-order valence-corrected chi connectivity index (χ2v) is 5.69. The van der Waals surface area contributed by atoms with Crippen molar-refractivity contribution in [1.82, 2.24) is 4.98 Å². The van der Waals surface area contributed by atoms with Crippen molar-refractivity contribution in [1.29, 1.82) is 0 Å². The molecule has 0 aliphatic heterocycles. The lowest BCUT2D eigenvalue weighted by molar-refractivity contribution is 0.475. The number of nitrogens with zero attached hydrogens (tertiary/aromatic N) is 1. The molecule has 1 heterocycles. The van der Waals surface area contributed by atoms with Gasteiger partial charge < -0.3 is 5.11 Å². The highest BCUT2D eigenvalue weighted by molar-refractivity contribution is 7.71. The SMILES string of the molecule is O=[SH](=O)Cc1cccc2c(-c3cccc(O)c3)ccnc12. The first-order valence-electron chi connectivity index (χ1n) is 6.43. The number of aromatic nitrogens is 1. The molecule has 0 aliphatic rings. The number of rotatable bonds is 3. The van der Waals surface area contributed by atoms with E-state index in [0.717, 1.165) is 16.5 Å². The van der Waals surface area contributed by atoms with E-state index in [2.05, 4.69) is 4.98 Å². The molecule has 5 heteroatoms. The molecule has 106 valence electrons. The fourth-order valence-electron chi connectivity index (χ4n) is 2.43. The topological polar surface area (TPSA) is 67.3 Å². The third kappa shape index (κ3) is 2.73. The van der Waals surface area contributed by atoms with Crippen LogP contribution < -0.4 is 0 Å². The summed E-state index contributed by atoms with van der Waals surface area (Å²) in [5, 5.41) is 10.5. The Morgan fingerprint density at radius 3 is 2.62 bits per heavy atom. The molecule has 2 aromatic carbocycles. The summed E-state index contributed by atoms with van der Waals surface area (Å²) >= 11 is 0. The molecule has 0 bridgehead atoms. The first-order valence-corrected chi connectivity index (χ1v) is 7.79. The predicted octanol–water partition coefficient (Wildman–Crippen LogP) is 2.72. The van der Waals surface area contributed by atoms with E-state index in [1.165, 1.54) is 0 Å². The van der Waals surface area contributed by atoms with Gasteiger partial charge in [0.2, 0.25) is 0 Å². The molecule has 0 atom stereocenters. The normalized spacial score (nSPS) is 11.1. The summed E-state index contributed by atoms with van der Waals surface area (Å²) < 4.78 is 22.0. The zero-order chi connectivity index (χ0) is 14.8. The predicted molar refractivity (Wildman–Crippen MR) is 82.9 cm³/mol. The summed E-state index contributed by atoms with van der Waals surface area (Å²) in [6, 6.07) is 14.3. The van der Waals surface area contributed by atoms with E-state index in [1.54, 1.807) is 30.5 Å². The average molecular weight is 299 g/mol. The van der Waals surface area contributed by atoms with Crippen LogP contribution in [0.1, 0.15) is 5.56 Å². The van der Waals surface area contributed by atoms with Gasteiger partial charge in [0.15, 0.2) is 0 Å². The van der Waals surface area contributed by atoms with Crippen molar-refractivity contribution in [2.75, 3.05) is 0 Å². The molecule has 1 aromatic heterocycles. The lowest BCUT2D eigenvalue weighted by atomic mass is 9.99. The number of phenols is 1. The van der Waals surface area contributed by atoms with E-state index in [1.807, 2.05) is 24.3 Å². The largest absolute Gasteiger partial charge is 0.508 e. The Labute approximate surface area is 123 Å². The number of thiol groups is 1. The van der Waals surface area contributed by atoms with Gasteiger partial charge in [0.1, 0.15) is 16.5 Å². The molecular formula is C16H13NO3S. The van der Waals surface area contributed by atoms with E-state index in [4.69, 9.17) is 0 Å². The fourth-order valence-corrected chi connectivity index (χ4v) is 2.96. The second-order valence-electron chi connectivity index (χ2n) is 4.71. The molecule has 21 heavy (non-hydrogen) atoms. The Morgan fingerprint density at radius 2 is 1.86 bits per heavy atom. The van der Waals surface area contributed by atoms with Crippen molar-refractivity contribution in [3.8, 4) is 16.9 Å². The molecule has 0 amide bonds. The number of pyridine rings is 1. The summed E-state index contributed by atoms with van der Waals surface area (Å²) in [4.78, 5) is 4.31. The maximum atomic E-state index is 11.0. The van der Waals surface area contributed by atoms with Crippen molar-refractivity contribution in [2.45, 2.75) is 5.75 Å². The van der Waals surface area contributed by atoms with Gasteiger partial charge in [0.25, 0.3) is 0 Å². The Hall–Kier alpha value is -2.40. The van der Waals surface area contributed by atoms with Gasteiger partial charge >= 0.3 is 0 Å². The summed E-state index contributed by atoms with van der Waals surface area (Å²) in [5.41, 5.74) is 3.15. The van der Waals surface area contributed by atoms with Crippen LogP contribution in [0.5, 0.6) is 5.75 Å². The Bertz CT molecular complexity index is 880. The maximum Gasteiger partial charge on any atom is 0.144 e. The summed E-state index contributed by atoms with van der Waals surface area (Å²) in [7, 11) is -2.50. The minimum Gasteiger partial charge on any atom is -0.508 e. The highest BCUT2D eigenvalue weighted by Gasteiger charge is 2.09. The zero-order valence-electron chi connectivity index (χ0n) is 11.1. The van der Waals surface area contributed by atoms with Crippen LogP contribution in [0.25, 0.3) is 22.0 Å². The first kappa shape index (κ1) is 13.6. The standard InChI is InChI=1S/C16H13NO3S/c18-13-5-1-3-11(9-13)14-7-8-17-16-12(10-21(19)20)4-2-6-15(14)16/h1-9,18,21H,10H2. The zero-order valence-corrected chi connectivity index (χ0v) is 12.0. The van der Waals surface area contributed by atoms with Gasteiger partial charge in [0, 0.05) is 11.6 Å². The average Bonchev–Trinajstić information content (AvgIpc) is 2.46. The Balaban J connectivity index is 2.26. The molecular weight excluding hydrogens is 286 g/mol. The number of para-hydroxylation sites is 1. The smallest absolute Gasteiger partial charge is 0.144 e. The maximum absolute atomic E-state index is 11.0. The van der Waals surface area contributed by atoms with Crippen molar-refractivity contribution < 1.29 is 13.5 Å². The van der Waals surface area contributed by atoms with E-state index >= 15 is 0 Å². The second kappa shape index (κ2) is 5.54. The molecule has 0 spiro atoms. The van der Waals surface area contributed by atoms with Crippen molar-refractivity contribution in [2.24, 2.45) is 0 Å². The Morgan fingerprint density at radius 1 is 1.05 bits per heavy atom. The minimum absolute atomic E-state index is 0.0246. The van der Waals surface area contributed by atoms with Crippen molar-refractivity contribution in [3.05, 3.63) is 60.3 Å². The molecule has 3 aromatic rings. The number of fused-ring (bicyclic) bond motifs is 1. The van der Waals surface area contributed by atoms with Crippen LogP contribution in [0.4, 0.5) is 0 Å². The monoisotopic (exact) mass is 299 g/mol. The molecule has 0 saturated heterocycles.